The summed E-state index contributed by atoms with van der Waals surface area (Å²) in [4.78, 5) is 14.4. The van der Waals surface area contributed by atoms with Crippen LogP contribution in [0.4, 0.5) is 5.82 Å². The van der Waals surface area contributed by atoms with Gasteiger partial charge in [-0.25, -0.2) is 14.6 Å². The summed E-state index contributed by atoms with van der Waals surface area (Å²) in [6, 6.07) is 7.34. The lowest BCUT2D eigenvalue weighted by Crippen LogP contribution is -2.53. The van der Waals surface area contributed by atoms with Crippen LogP contribution in [0, 0.1) is 23.2 Å². The predicted molar refractivity (Wildman–Crippen MR) is 135 cm³/mol. The van der Waals surface area contributed by atoms with Crippen LogP contribution in [0.1, 0.15) is 50.4 Å². The van der Waals surface area contributed by atoms with E-state index in [-0.39, 0.29) is 11.7 Å². The Morgan fingerprint density at radius 2 is 2.03 bits per heavy atom. The third kappa shape index (κ3) is 4.35. The zero-order valence-electron chi connectivity index (χ0n) is 19.6. The van der Waals surface area contributed by atoms with Crippen LogP contribution in [0.2, 0.25) is 10.0 Å². The van der Waals surface area contributed by atoms with Gasteiger partial charge in [0.25, 0.3) is 0 Å². The highest BCUT2D eigenvalue weighted by atomic mass is 35.5. The van der Waals surface area contributed by atoms with Crippen LogP contribution in [0.25, 0.3) is 11.2 Å². The van der Waals surface area contributed by atoms with Gasteiger partial charge in [0, 0.05) is 29.7 Å². The minimum absolute atomic E-state index is 0.227. The van der Waals surface area contributed by atoms with Crippen LogP contribution < -0.4 is 4.90 Å². The van der Waals surface area contributed by atoms with Gasteiger partial charge in [-0.15, -0.1) is 0 Å². The summed E-state index contributed by atoms with van der Waals surface area (Å²) in [5, 5.41) is 15.3. The van der Waals surface area contributed by atoms with Crippen LogP contribution in [0.5, 0.6) is 0 Å². The van der Waals surface area contributed by atoms with Gasteiger partial charge >= 0.3 is 0 Å². The lowest BCUT2D eigenvalue weighted by Gasteiger charge is -2.47. The fourth-order valence-electron chi connectivity index (χ4n) is 5.36. The van der Waals surface area contributed by atoms with Crippen molar-refractivity contribution in [3.05, 3.63) is 45.7 Å². The SMILES string of the molecule is CCCN1CCCC(C2CN(c3cnc4c(C#N)nn([C@H](C)c5ccc(Cl)cc5Cl)c4n3)C2)C1. The molecule has 5 rings (SSSR count). The average molecular weight is 498 g/mol. The van der Waals surface area contributed by atoms with Crippen molar-refractivity contribution >= 4 is 40.2 Å². The zero-order chi connectivity index (χ0) is 23.8. The summed E-state index contributed by atoms with van der Waals surface area (Å²) in [6.07, 6.45) is 5.61. The summed E-state index contributed by atoms with van der Waals surface area (Å²) in [5.41, 5.74) is 2.25. The highest BCUT2D eigenvalue weighted by Crippen LogP contribution is 2.35. The maximum absolute atomic E-state index is 9.62. The number of hydrogen-bond acceptors (Lipinski definition) is 6. The molecule has 0 saturated carbocycles. The quantitative estimate of drug-likeness (QED) is 0.467. The Morgan fingerprint density at radius 1 is 1.21 bits per heavy atom. The van der Waals surface area contributed by atoms with Crippen molar-refractivity contribution in [2.24, 2.45) is 11.8 Å². The molecule has 2 saturated heterocycles. The second-order valence-electron chi connectivity index (χ2n) is 9.52. The number of benzene rings is 1. The van der Waals surface area contributed by atoms with E-state index >= 15 is 0 Å². The van der Waals surface area contributed by atoms with Crippen molar-refractivity contribution in [2.45, 2.75) is 39.2 Å². The van der Waals surface area contributed by atoms with E-state index in [4.69, 9.17) is 28.2 Å². The molecule has 7 nitrogen and oxygen atoms in total. The van der Waals surface area contributed by atoms with E-state index in [1.54, 1.807) is 23.0 Å². The second-order valence-corrected chi connectivity index (χ2v) is 10.4. The first-order chi connectivity index (χ1) is 16.5. The van der Waals surface area contributed by atoms with Gasteiger partial charge in [0.1, 0.15) is 17.4 Å². The van der Waals surface area contributed by atoms with Gasteiger partial charge in [-0.3, -0.25) is 0 Å². The predicted octanol–water partition coefficient (Wildman–Crippen LogP) is 5.17. The van der Waals surface area contributed by atoms with Crippen molar-refractivity contribution in [3.63, 3.8) is 0 Å². The van der Waals surface area contributed by atoms with Crippen LogP contribution in [-0.2, 0) is 0 Å². The van der Waals surface area contributed by atoms with Crippen molar-refractivity contribution < 1.29 is 0 Å². The van der Waals surface area contributed by atoms with Gasteiger partial charge in [0.2, 0.25) is 0 Å². The van der Waals surface area contributed by atoms with Crippen molar-refractivity contribution in [1.82, 2.24) is 24.6 Å². The smallest absolute Gasteiger partial charge is 0.190 e. The van der Waals surface area contributed by atoms with E-state index in [2.05, 4.69) is 32.9 Å². The molecule has 0 spiro atoms. The lowest BCUT2D eigenvalue weighted by molar-refractivity contribution is 0.120. The van der Waals surface area contributed by atoms with Gasteiger partial charge in [-0.05, 0) is 68.8 Å². The van der Waals surface area contributed by atoms with E-state index in [0.717, 1.165) is 30.4 Å². The topological polar surface area (TPSA) is 73.9 Å². The molecule has 1 unspecified atom stereocenters. The fourth-order valence-corrected chi connectivity index (χ4v) is 5.93. The average Bonchev–Trinajstić information content (AvgIpc) is 3.16. The maximum Gasteiger partial charge on any atom is 0.190 e. The number of anilines is 1. The van der Waals surface area contributed by atoms with Crippen molar-refractivity contribution in [1.29, 1.82) is 5.26 Å². The Balaban J connectivity index is 1.38. The molecule has 0 bridgehead atoms. The number of likely N-dealkylation sites (tertiary alicyclic amines) is 1. The van der Waals surface area contributed by atoms with Gasteiger partial charge < -0.3 is 9.80 Å². The number of nitriles is 1. The molecule has 34 heavy (non-hydrogen) atoms. The third-order valence-electron chi connectivity index (χ3n) is 7.26. The molecule has 2 aliphatic heterocycles. The number of hydrogen-bond donors (Lipinski definition) is 0. The molecule has 0 aliphatic carbocycles. The standard InChI is InChI=1S/C25H29Cl2N7/c1-3-8-32-9-4-5-17(13-32)18-14-33(15-18)23-12-29-24-22(11-28)31-34(25(24)30-23)16(2)20-7-6-19(26)10-21(20)27/h6-7,10,12,16-18H,3-5,8-9,13-15H2,1-2H3/t16-,17?/m1/s1. The summed E-state index contributed by atoms with van der Waals surface area (Å²) >= 11 is 12.5. The molecule has 4 heterocycles. The van der Waals surface area contributed by atoms with E-state index in [0.29, 0.717) is 27.1 Å². The summed E-state index contributed by atoms with van der Waals surface area (Å²) < 4.78 is 1.75. The molecule has 0 radical (unpaired) electrons. The Bertz CT molecular complexity index is 1230. The van der Waals surface area contributed by atoms with Crippen LogP contribution in [0.15, 0.2) is 24.4 Å². The van der Waals surface area contributed by atoms with Crippen molar-refractivity contribution in [3.8, 4) is 6.07 Å². The molecular weight excluding hydrogens is 469 g/mol. The Labute approximate surface area is 210 Å². The van der Waals surface area contributed by atoms with Crippen LogP contribution in [-0.4, -0.2) is 57.4 Å². The number of piperidine rings is 1. The van der Waals surface area contributed by atoms with E-state index in [9.17, 15) is 5.26 Å². The number of fused-ring (bicyclic) bond motifs is 1. The molecule has 2 aliphatic rings. The number of rotatable bonds is 6. The third-order valence-corrected chi connectivity index (χ3v) is 7.82. The first-order valence-electron chi connectivity index (χ1n) is 12.1. The molecule has 1 aromatic carbocycles. The second kappa shape index (κ2) is 9.69. The first-order valence-corrected chi connectivity index (χ1v) is 12.8. The molecule has 2 atom stereocenters. The molecule has 3 aromatic rings. The Morgan fingerprint density at radius 3 is 2.76 bits per heavy atom. The number of halogens is 2. The van der Waals surface area contributed by atoms with Crippen LogP contribution >= 0.6 is 23.2 Å². The molecule has 0 amide bonds. The molecule has 2 aromatic heterocycles. The summed E-state index contributed by atoms with van der Waals surface area (Å²) in [5.74, 6) is 2.30. The largest absolute Gasteiger partial charge is 0.355 e. The monoisotopic (exact) mass is 497 g/mol. The van der Waals surface area contributed by atoms with E-state index in [1.807, 2.05) is 13.0 Å². The minimum atomic E-state index is -0.227. The number of aromatic nitrogens is 4. The molecule has 178 valence electrons. The fraction of sp³-hybridized carbons (Fsp3) is 0.520. The van der Waals surface area contributed by atoms with Gasteiger partial charge in [0.05, 0.1) is 12.2 Å². The molecule has 9 heteroatoms. The first kappa shape index (κ1) is 23.3. The van der Waals surface area contributed by atoms with Gasteiger partial charge in [-0.2, -0.15) is 10.4 Å². The van der Waals surface area contributed by atoms with Crippen molar-refractivity contribution in [2.75, 3.05) is 37.6 Å². The molecule has 2 fully saturated rings. The normalized spacial score (nSPS) is 20.3. The Hall–Kier alpha value is -2.40. The molecule has 0 N–H and O–H groups in total. The minimum Gasteiger partial charge on any atom is -0.355 e. The van der Waals surface area contributed by atoms with E-state index < -0.39 is 0 Å². The summed E-state index contributed by atoms with van der Waals surface area (Å²) in [6.45, 7) is 9.91. The van der Waals surface area contributed by atoms with Gasteiger partial charge in [-0.1, -0.05) is 36.2 Å². The van der Waals surface area contributed by atoms with Gasteiger partial charge in [0.15, 0.2) is 11.3 Å². The molecular formula is C25H29Cl2N7. The summed E-state index contributed by atoms with van der Waals surface area (Å²) in [7, 11) is 0. The maximum atomic E-state index is 9.62. The van der Waals surface area contributed by atoms with E-state index in [1.165, 1.54) is 38.9 Å². The lowest BCUT2D eigenvalue weighted by atomic mass is 9.80. The Kier molecular flexibility index (Phi) is 6.65. The highest BCUT2D eigenvalue weighted by Gasteiger charge is 2.36. The zero-order valence-corrected chi connectivity index (χ0v) is 21.1. The number of nitrogens with zero attached hydrogens (tertiary/aromatic N) is 7. The highest BCUT2D eigenvalue weighted by molar-refractivity contribution is 6.35. The van der Waals surface area contributed by atoms with Crippen LogP contribution in [0.3, 0.4) is 0 Å².